The van der Waals surface area contributed by atoms with Gasteiger partial charge in [-0.3, -0.25) is 9.80 Å². The third-order valence-corrected chi connectivity index (χ3v) is 4.88. The lowest BCUT2D eigenvalue weighted by molar-refractivity contribution is -0.0266. The maximum Gasteiger partial charge on any atom is 0.0826 e. The monoisotopic (exact) mass is 253 g/mol. The Morgan fingerprint density at radius 1 is 1.22 bits per heavy atom. The van der Waals surface area contributed by atoms with E-state index in [0.717, 1.165) is 38.8 Å². The van der Waals surface area contributed by atoms with Crippen LogP contribution in [-0.4, -0.2) is 73.9 Å². The molecule has 3 saturated heterocycles. The van der Waals surface area contributed by atoms with E-state index < -0.39 is 0 Å². The fraction of sp³-hybridized carbons (Fsp3) is 1.00. The lowest BCUT2D eigenvalue weighted by atomic mass is 10.1. The average molecular weight is 253 g/mol. The largest absolute Gasteiger partial charge is 0.374 e. The second kappa shape index (κ2) is 5.87. The van der Waals surface area contributed by atoms with Gasteiger partial charge in [-0.15, -0.1) is 0 Å². The highest BCUT2D eigenvalue weighted by Crippen LogP contribution is 2.27. The van der Waals surface area contributed by atoms with Crippen molar-refractivity contribution in [3.05, 3.63) is 0 Å². The lowest BCUT2D eigenvalue weighted by Crippen LogP contribution is -2.49. The molecule has 0 bridgehead atoms. The van der Waals surface area contributed by atoms with E-state index in [1.807, 2.05) is 0 Å². The zero-order valence-electron chi connectivity index (χ0n) is 11.6. The number of morpholine rings is 1. The third kappa shape index (κ3) is 2.72. The molecule has 1 N–H and O–H groups in total. The fourth-order valence-corrected chi connectivity index (χ4v) is 3.79. The first kappa shape index (κ1) is 12.9. The zero-order valence-corrected chi connectivity index (χ0v) is 11.6. The number of hydrogen-bond acceptors (Lipinski definition) is 4. The van der Waals surface area contributed by atoms with E-state index in [9.17, 15) is 0 Å². The van der Waals surface area contributed by atoms with Crippen LogP contribution in [0.2, 0.25) is 0 Å². The van der Waals surface area contributed by atoms with Crippen LogP contribution < -0.4 is 5.32 Å². The molecule has 0 aromatic carbocycles. The molecule has 0 saturated carbocycles. The summed E-state index contributed by atoms with van der Waals surface area (Å²) in [6.07, 6.45) is 4.51. The SMILES string of the molecule is CCN1CCOC(CNC2CCN3CCCC23)C1. The van der Waals surface area contributed by atoms with Gasteiger partial charge in [-0.25, -0.2) is 0 Å². The maximum absolute atomic E-state index is 5.86. The number of fused-ring (bicyclic) bond motifs is 1. The second-order valence-corrected chi connectivity index (χ2v) is 5.93. The predicted octanol–water partition coefficient (Wildman–Crippen LogP) is 0.533. The highest BCUT2D eigenvalue weighted by Gasteiger charge is 2.37. The van der Waals surface area contributed by atoms with E-state index in [-0.39, 0.29) is 0 Å². The summed E-state index contributed by atoms with van der Waals surface area (Å²) < 4.78 is 5.86. The first-order valence-electron chi connectivity index (χ1n) is 7.68. The van der Waals surface area contributed by atoms with Gasteiger partial charge in [0.15, 0.2) is 0 Å². The van der Waals surface area contributed by atoms with Gasteiger partial charge >= 0.3 is 0 Å². The van der Waals surface area contributed by atoms with Crippen molar-refractivity contribution in [2.75, 3.05) is 45.9 Å². The van der Waals surface area contributed by atoms with Crippen LogP contribution in [0.3, 0.4) is 0 Å². The van der Waals surface area contributed by atoms with E-state index >= 15 is 0 Å². The number of likely N-dealkylation sites (N-methyl/N-ethyl adjacent to an activating group) is 1. The van der Waals surface area contributed by atoms with E-state index in [1.54, 1.807) is 0 Å². The van der Waals surface area contributed by atoms with Crippen molar-refractivity contribution >= 4 is 0 Å². The van der Waals surface area contributed by atoms with Crippen LogP contribution in [0.4, 0.5) is 0 Å². The summed E-state index contributed by atoms with van der Waals surface area (Å²) in [5, 5.41) is 3.77. The Labute approximate surface area is 111 Å². The third-order valence-electron chi connectivity index (χ3n) is 4.88. The van der Waals surface area contributed by atoms with Gasteiger partial charge in [0, 0.05) is 38.3 Å². The molecule has 3 fully saturated rings. The van der Waals surface area contributed by atoms with Gasteiger partial charge in [0.2, 0.25) is 0 Å². The molecule has 4 heteroatoms. The number of ether oxygens (including phenoxy) is 1. The number of nitrogens with zero attached hydrogens (tertiary/aromatic N) is 2. The molecule has 3 aliphatic rings. The topological polar surface area (TPSA) is 27.7 Å². The molecule has 0 amide bonds. The summed E-state index contributed by atoms with van der Waals surface area (Å²) in [6.45, 7) is 10.2. The molecular weight excluding hydrogens is 226 g/mol. The predicted molar refractivity (Wildman–Crippen MR) is 72.9 cm³/mol. The van der Waals surface area contributed by atoms with Crippen molar-refractivity contribution in [2.24, 2.45) is 0 Å². The van der Waals surface area contributed by atoms with Gasteiger partial charge in [0.1, 0.15) is 0 Å². The minimum atomic E-state index is 0.397. The van der Waals surface area contributed by atoms with Gasteiger partial charge in [0.25, 0.3) is 0 Å². The molecule has 0 spiro atoms. The fourth-order valence-electron chi connectivity index (χ4n) is 3.79. The number of hydrogen-bond donors (Lipinski definition) is 1. The molecule has 3 rings (SSSR count). The maximum atomic E-state index is 5.86. The van der Waals surface area contributed by atoms with Crippen LogP contribution in [0.25, 0.3) is 0 Å². The summed E-state index contributed by atoms with van der Waals surface area (Å²) in [7, 11) is 0. The van der Waals surface area contributed by atoms with Crippen LogP contribution in [0.5, 0.6) is 0 Å². The summed E-state index contributed by atoms with van der Waals surface area (Å²) in [4.78, 5) is 5.16. The van der Waals surface area contributed by atoms with Crippen LogP contribution in [-0.2, 0) is 4.74 Å². The molecule has 3 heterocycles. The van der Waals surface area contributed by atoms with E-state index in [4.69, 9.17) is 4.74 Å². The molecule has 3 unspecified atom stereocenters. The molecule has 0 radical (unpaired) electrons. The van der Waals surface area contributed by atoms with Gasteiger partial charge in [-0.1, -0.05) is 6.92 Å². The van der Waals surface area contributed by atoms with Gasteiger partial charge in [-0.05, 0) is 32.4 Å². The van der Waals surface area contributed by atoms with E-state index in [0.29, 0.717) is 12.1 Å². The Hall–Kier alpha value is -0.160. The molecule has 18 heavy (non-hydrogen) atoms. The normalized spacial score (nSPS) is 38.2. The molecule has 3 aliphatic heterocycles. The summed E-state index contributed by atoms with van der Waals surface area (Å²) in [5.41, 5.74) is 0. The number of nitrogens with one attached hydrogen (secondary N) is 1. The van der Waals surface area contributed by atoms with Crippen LogP contribution >= 0.6 is 0 Å². The zero-order chi connectivity index (χ0) is 12.4. The Bertz CT molecular complexity index is 274. The average Bonchev–Trinajstić information content (AvgIpc) is 3.00. The molecule has 4 nitrogen and oxygen atoms in total. The molecule has 0 aromatic rings. The Morgan fingerprint density at radius 2 is 2.17 bits per heavy atom. The molecule has 0 aromatic heterocycles. The van der Waals surface area contributed by atoms with Crippen LogP contribution in [0, 0.1) is 0 Å². The minimum absolute atomic E-state index is 0.397. The van der Waals surface area contributed by atoms with E-state index in [2.05, 4.69) is 22.0 Å². The van der Waals surface area contributed by atoms with Crippen molar-refractivity contribution in [1.29, 1.82) is 0 Å². The van der Waals surface area contributed by atoms with E-state index in [1.165, 1.54) is 32.4 Å². The van der Waals surface area contributed by atoms with Crippen LogP contribution in [0.1, 0.15) is 26.2 Å². The molecule has 104 valence electrons. The quantitative estimate of drug-likeness (QED) is 0.791. The minimum Gasteiger partial charge on any atom is -0.374 e. The Morgan fingerprint density at radius 3 is 3.06 bits per heavy atom. The Kier molecular flexibility index (Phi) is 4.19. The number of rotatable bonds is 4. The van der Waals surface area contributed by atoms with Gasteiger partial charge < -0.3 is 10.1 Å². The lowest BCUT2D eigenvalue weighted by Gasteiger charge is -2.33. The van der Waals surface area contributed by atoms with Crippen molar-refractivity contribution in [3.63, 3.8) is 0 Å². The van der Waals surface area contributed by atoms with Crippen LogP contribution in [0.15, 0.2) is 0 Å². The first-order valence-corrected chi connectivity index (χ1v) is 7.68. The van der Waals surface area contributed by atoms with Crippen molar-refractivity contribution in [2.45, 2.75) is 44.4 Å². The summed E-state index contributed by atoms with van der Waals surface area (Å²) >= 11 is 0. The second-order valence-electron chi connectivity index (χ2n) is 5.93. The highest BCUT2D eigenvalue weighted by molar-refractivity contribution is 4.96. The van der Waals surface area contributed by atoms with Gasteiger partial charge in [0.05, 0.1) is 12.7 Å². The Balaban J connectivity index is 1.43. The molecule has 3 atom stereocenters. The molecular formula is C14H27N3O. The molecule has 0 aliphatic carbocycles. The van der Waals surface area contributed by atoms with Crippen molar-refractivity contribution in [3.8, 4) is 0 Å². The highest BCUT2D eigenvalue weighted by atomic mass is 16.5. The smallest absolute Gasteiger partial charge is 0.0826 e. The van der Waals surface area contributed by atoms with Crippen molar-refractivity contribution in [1.82, 2.24) is 15.1 Å². The standard InChI is InChI=1S/C14H27N3O/c1-2-16-8-9-18-12(11-16)10-15-13-5-7-17-6-3-4-14(13)17/h12-15H,2-11H2,1H3. The van der Waals surface area contributed by atoms with Gasteiger partial charge in [-0.2, -0.15) is 0 Å². The first-order chi connectivity index (χ1) is 8.86. The summed E-state index contributed by atoms with van der Waals surface area (Å²) in [5.74, 6) is 0. The summed E-state index contributed by atoms with van der Waals surface area (Å²) in [6, 6.07) is 1.53. The van der Waals surface area contributed by atoms with Crippen molar-refractivity contribution < 1.29 is 4.74 Å².